The summed E-state index contributed by atoms with van der Waals surface area (Å²) >= 11 is 5.31. The van der Waals surface area contributed by atoms with Crippen molar-refractivity contribution in [3.63, 3.8) is 0 Å². The first-order valence-electron chi connectivity index (χ1n) is 5.58. The van der Waals surface area contributed by atoms with Crippen molar-refractivity contribution in [1.29, 1.82) is 0 Å². The summed E-state index contributed by atoms with van der Waals surface area (Å²) in [5, 5.41) is 3.93. The van der Waals surface area contributed by atoms with E-state index >= 15 is 0 Å². The van der Waals surface area contributed by atoms with Crippen molar-refractivity contribution in [3.8, 4) is 0 Å². The minimum Gasteiger partial charge on any atom is -0.469 e. The minimum atomic E-state index is 0.209. The number of ether oxygens (including phenoxy) is 1. The zero-order valence-corrected chi connectivity index (χ0v) is 11.6. The molecule has 0 aliphatic carbocycles. The second-order valence-electron chi connectivity index (χ2n) is 4.16. The van der Waals surface area contributed by atoms with E-state index < -0.39 is 0 Å². The van der Waals surface area contributed by atoms with Gasteiger partial charge < -0.3 is 19.4 Å². The number of hydrogen-bond donors (Lipinski definition) is 1. The van der Waals surface area contributed by atoms with Crippen LogP contribution >= 0.6 is 12.2 Å². The zero-order valence-electron chi connectivity index (χ0n) is 10.8. The summed E-state index contributed by atoms with van der Waals surface area (Å²) in [7, 11) is 3.64. The zero-order chi connectivity index (χ0) is 12.8. The smallest absolute Gasteiger partial charge is 0.169 e. The maximum absolute atomic E-state index is 5.31. The highest BCUT2D eigenvalue weighted by Crippen LogP contribution is 2.11. The summed E-state index contributed by atoms with van der Waals surface area (Å²) in [6.07, 6.45) is 1.70. The lowest BCUT2D eigenvalue weighted by Gasteiger charge is -2.23. The molecule has 1 rings (SSSR count). The first-order valence-corrected chi connectivity index (χ1v) is 5.99. The van der Waals surface area contributed by atoms with E-state index in [4.69, 9.17) is 21.4 Å². The van der Waals surface area contributed by atoms with Gasteiger partial charge in [0.25, 0.3) is 0 Å². The van der Waals surface area contributed by atoms with Crippen LogP contribution in [0.15, 0.2) is 16.7 Å². The van der Waals surface area contributed by atoms with Crippen LogP contribution in [0.4, 0.5) is 0 Å². The Labute approximate surface area is 108 Å². The van der Waals surface area contributed by atoms with Gasteiger partial charge >= 0.3 is 0 Å². The average molecular weight is 256 g/mol. The largest absolute Gasteiger partial charge is 0.469 e. The van der Waals surface area contributed by atoms with E-state index in [2.05, 4.69) is 5.32 Å². The molecule has 0 aromatic carbocycles. The molecule has 5 heteroatoms. The third kappa shape index (κ3) is 4.36. The molecule has 1 aromatic heterocycles. The number of furan rings is 1. The predicted molar refractivity (Wildman–Crippen MR) is 72.0 cm³/mol. The Morgan fingerprint density at radius 2 is 2.35 bits per heavy atom. The molecule has 0 fully saturated rings. The van der Waals surface area contributed by atoms with Crippen molar-refractivity contribution in [2.24, 2.45) is 0 Å². The maximum Gasteiger partial charge on any atom is 0.169 e. The van der Waals surface area contributed by atoms with Gasteiger partial charge in [-0.3, -0.25) is 0 Å². The van der Waals surface area contributed by atoms with E-state index in [9.17, 15) is 0 Å². The van der Waals surface area contributed by atoms with Gasteiger partial charge in [0.2, 0.25) is 0 Å². The molecule has 96 valence electrons. The number of nitrogens with one attached hydrogen (secondary N) is 1. The molecule has 0 aliphatic rings. The van der Waals surface area contributed by atoms with Gasteiger partial charge in [0.05, 0.1) is 12.9 Å². The third-order valence-corrected chi connectivity index (χ3v) is 2.94. The van der Waals surface area contributed by atoms with Gasteiger partial charge in [-0.2, -0.15) is 0 Å². The Morgan fingerprint density at radius 3 is 2.88 bits per heavy atom. The minimum absolute atomic E-state index is 0.209. The fourth-order valence-corrected chi connectivity index (χ4v) is 1.78. The molecule has 0 saturated carbocycles. The second kappa shape index (κ2) is 6.61. The topological polar surface area (TPSA) is 37.6 Å². The molecule has 1 unspecified atom stereocenters. The average Bonchev–Trinajstić information content (AvgIpc) is 2.64. The molecule has 0 radical (unpaired) electrons. The van der Waals surface area contributed by atoms with Gasteiger partial charge in [-0.15, -0.1) is 0 Å². The summed E-state index contributed by atoms with van der Waals surface area (Å²) in [5.74, 6) is 0.935. The standard InChI is InChI=1S/C12H20N2O2S/c1-9(8-15-4)13-12(17)14(3)7-11-5-6-16-10(11)2/h5-6,9H,7-8H2,1-4H3,(H,13,17). The maximum atomic E-state index is 5.31. The van der Waals surface area contributed by atoms with Gasteiger partial charge in [0.15, 0.2) is 5.11 Å². The summed E-state index contributed by atoms with van der Waals surface area (Å²) in [6, 6.07) is 2.17. The summed E-state index contributed by atoms with van der Waals surface area (Å²) < 4.78 is 10.3. The van der Waals surface area contributed by atoms with Crippen LogP contribution in [0, 0.1) is 6.92 Å². The van der Waals surface area contributed by atoms with E-state index in [0.717, 1.165) is 23.0 Å². The first kappa shape index (κ1) is 14.0. The highest BCUT2D eigenvalue weighted by Gasteiger charge is 2.10. The highest BCUT2D eigenvalue weighted by molar-refractivity contribution is 7.80. The molecule has 1 N–H and O–H groups in total. The van der Waals surface area contributed by atoms with E-state index in [0.29, 0.717) is 6.61 Å². The monoisotopic (exact) mass is 256 g/mol. The number of aryl methyl sites for hydroxylation is 1. The quantitative estimate of drug-likeness (QED) is 0.815. The number of nitrogens with zero attached hydrogens (tertiary/aromatic N) is 1. The Bertz CT molecular complexity index is 365. The number of rotatable bonds is 5. The summed E-state index contributed by atoms with van der Waals surface area (Å²) in [4.78, 5) is 1.99. The van der Waals surface area contributed by atoms with Crippen LogP contribution in [0.5, 0.6) is 0 Å². The van der Waals surface area contributed by atoms with Crippen molar-refractivity contribution in [1.82, 2.24) is 10.2 Å². The molecule has 4 nitrogen and oxygen atoms in total. The molecule has 1 aromatic rings. The molecule has 0 bridgehead atoms. The van der Waals surface area contributed by atoms with Gasteiger partial charge in [0.1, 0.15) is 5.76 Å². The first-order chi connectivity index (χ1) is 8.04. The third-order valence-electron chi connectivity index (χ3n) is 2.51. The number of thiocarbonyl (C=S) groups is 1. The molecule has 0 saturated heterocycles. The van der Waals surface area contributed by atoms with E-state index in [-0.39, 0.29) is 6.04 Å². The van der Waals surface area contributed by atoms with Crippen LogP contribution < -0.4 is 5.32 Å². The lowest BCUT2D eigenvalue weighted by atomic mass is 10.2. The normalized spacial score (nSPS) is 12.2. The molecular weight excluding hydrogens is 236 g/mol. The van der Waals surface area contributed by atoms with Crippen LogP contribution in [0.1, 0.15) is 18.2 Å². The van der Waals surface area contributed by atoms with Crippen molar-refractivity contribution in [3.05, 3.63) is 23.7 Å². The Hall–Kier alpha value is -1.07. The summed E-state index contributed by atoms with van der Waals surface area (Å²) in [5.41, 5.74) is 1.15. The number of methoxy groups -OCH3 is 1. The van der Waals surface area contributed by atoms with Crippen LogP contribution in [0.25, 0.3) is 0 Å². The van der Waals surface area contributed by atoms with Crippen LogP contribution in [0.3, 0.4) is 0 Å². The molecule has 1 atom stereocenters. The van der Waals surface area contributed by atoms with Crippen LogP contribution in [-0.4, -0.2) is 36.8 Å². The predicted octanol–water partition coefficient (Wildman–Crippen LogP) is 1.93. The molecule has 0 aliphatic heterocycles. The SMILES string of the molecule is COCC(C)NC(=S)N(C)Cc1ccoc1C. The second-order valence-corrected chi connectivity index (χ2v) is 4.55. The van der Waals surface area contributed by atoms with E-state index in [1.54, 1.807) is 13.4 Å². The summed E-state index contributed by atoms with van der Waals surface area (Å²) in [6.45, 7) is 5.37. The van der Waals surface area contributed by atoms with E-state index in [1.165, 1.54) is 0 Å². The van der Waals surface area contributed by atoms with Gasteiger partial charge in [-0.1, -0.05) is 0 Å². The van der Waals surface area contributed by atoms with Gasteiger partial charge in [-0.05, 0) is 32.1 Å². The molecule has 1 heterocycles. The molecular formula is C12H20N2O2S. The van der Waals surface area contributed by atoms with Crippen molar-refractivity contribution >= 4 is 17.3 Å². The van der Waals surface area contributed by atoms with Crippen molar-refractivity contribution < 1.29 is 9.15 Å². The van der Waals surface area contributed by atoms with Gasteiger partial charge in [0, 0.05) is 32.3 Å². The van der Waals surface area contributed by atoms with Crippen molar-refractivity contribution in [2.75, 3.05) is 20.8 Å². The number of hydrogen-bond acceptors (Lipinski definition) is 3. The van der Waals surface area contributed by atoms with E-state index in [1.807, 2.05) is 31.9 Å². The fraction of sp³-hybridized carbons (Fsp3) is 0.583. The lowest BCUT2D eigenvalue weighted by Crippen LogP contribution is -2.43. The Kier molecular flexibility index (Phi) is 5.44. The van der Waals surface area contributed by atoms with Crippen LogP contribution in [0.2, 0.25) is 0 Å². The Morgan fingerprint density at radius 1 is 1.65 bits per heavy atom. The van der Waals surface area contributed by atoms with Crippen molar-refractivity contribution in [2.45, 2.75) is 26.4 Å². The van der Waals surface area contributed by atoms with Gasteiger partial charge in [-0.25, -0.2) is 0 Å². The molecule has 17 heavy (non-hydrogen) atoms. The Balaban J connectivity index is 2.45. The lowest BCUT2D eigenvalue weighted by molar-refractivity contribution is 0.178. The fourth-order valence-electron chi connectivity index (χ4n) is 1.52. The molecule has 0 spiro atoms. The van der Waals surface area contributed by atoms with Crippen LogP contribution in [-0.2, 0) is 11.3 Å². The molecule has 0 amide bonds. The highest BCUT2D eigenvalue weighted by atomic mass is 32.1.